The lowest BCUT2D eigenvalue weighted by Crippen LogP contribution is -2.12. The summed E-state index contributed by atoms with van der Waals surface area (Å²) in [7, 11) is 0. The SMILES string of the molecule is CCNCc1sc(C2CCCS2)nc1C(C)C. The molecule has 1 saturated heterocycles. The monoisotopic (exact) mass is 270 g/mol. The predicted molar refractivity (Wildman–Crippen MR) is 78.0 cm³/mol. The molecule has 1 aromatic rings. The number of thiazole rings is 1. The van der Waals surface area contributed by atoms with Gasteiger partial charge in [0.15, 0.2) is 0 Å². The Kier molecular flexibility index (Phi) is 4.88. The fourth-order valence-corrected chi connectivity index (χ4v) is 4.81. The number of rotatable bonds is 5. The van der Waals surface area contributed by atoms with Crippen LogP contribution in [0.2, 0.25) is 0 Å². The Labute approximate surface area is 113 Å². The fraction of sp³-hybridized carbons (Fsp3) is 0.769. The quantitative estimate of drug-likeness (QED) is 0.877. The minimum Gasteiger partial charge on any atom is -0.312 e. The highest BCUT2D eigenvalue weighted by Gasteiger charge is 2.23. The van der Waals surface area contributed by atoms with E-state index in [0.29, 0.717) is 11.2 Å². The van der Waals surface area contributed by atoms with Crippen molar-refractivity contribution in [3.8, 4) is 0 Å². The van der Waals surface area contributed by atoms with Crippen LogP contribution >= 0.6 is 23.1 Å². The van der Waals surface area contributed by atoms with Crippen LogP contribution in [0.5, 0.6) is 0 Å². The van der Waals surface area contributed by atoms with Crippen LogP contribution < -0.4 is 5.32 Å². The van der Waals surface area contributed by atoms with Crippen LogP contribution in [-0.4, -0.2) is 17.3 Å². The minimum absolute atomic E-state index is 0.542. The second kappa shape index (κ2) is 6.21. The van der Waals surface area contributed by atoms with Gasteiger partial charge in [-0.1, -0.05) is 20.8 Å². The van der Waals surface area contributed by atoms with Gasteiger partial charge in [-0.05, 0) is 31.1 Å². The summed E-state index contributed by atoms with van der Waals surface area (Å²) < 4.78 is 0. The van der Waals surface area contributed by atoms with Gasteiger partial charge in [0, 0.05) is 11.4 Å². The van der Waals surface area contributed by atoms with Crippen molar-refractivity contribution in [1.29, 1.82) is 0 Å². The molecule has 2 nitrogen and oxygen atoms in total. The summed E-state index contributed by atoms with van der Waals surface area (Å²) in [6.07, 6.45) is 2.67. The maximum atomic E-state index is 4.90. The topological polar surface area (TPSA) is 24.9 Å². The number of thioether (sulfide) groups is 1. The molecule has 0 spiro atoms. The van der Waals surface area contributed by atoms with E-state index in [1.165, 1.54) is 34.2 Å². The summed E-state index contributed by atoms with van der Waals surface area (Å²) in [5.41, 5.74) is 1.32. The third-order valence-corrected chi connectivity index (χ3v) is 5.75. The standard InChI is InChI=1S/C13H22N2S2/c1-4-14-8-11-12(9(2)3)15-13(17-11)10-6-5-7-16-10/h9-10,14H,4-8H2,1-3H3. The van der Waals surface area contributed by atoms with Gasteiger partial charge in [-0.3, -0.25) is 0 Å². The molecule has 0 bridgehead atoms. The highest BCUT2D eigenvalue weighted by atomic mass is 32.2. The van der Waals surface area contributed by atoms with Crippen molar-refractivity contribution in [1.82, 2.24) is 10.3 Å². The lowest BCUT2D eigenvalue weighted by atomic mass is 10.1. The molecule has 1 aromatic heterocycles. The van der Waals surface area contributed by atoms with E-state index in [4.69, 9.17) is 4.98 Å². The van der Waals surface area contributed by atoms with Crippen LogP contribution in [0.1, 0.15) is 60.4 Å². The van der Waals surface area contributed by atoms with E-state index < -0.39 is 0 Å². The van der Waals surface area contributed by atoms with Crippen LogP contribution in [0.25, 0.3) is 0 Å². The molecular formula is C13H22N2S2. The number of hydrogen-bond donors (Lipinski definition) is 1. The minimum atomic E-state index is 0.542. The van der Waals surface area contributed by atoms with Crippen molar-refractivity contribution in [3.05, 3.63) is 15.6 Å². The summed E-state index contributed by atoms with van der Waals surface area (Å²) in [6, 6.07) is 0. The summed E-state index contributed by atoms with van der Waals surface area (Å²) in [5, 5.41) is 5.47. The molecule has 1 aliphatic heterocycles. The molecule has 0 radical (unpaired) electrons. The summed E-state index contributed by atoms with van der Waals surface area (Å²) in [6.45, 7) is 8.66. The number of nitrogens with zero attached hydrogens (tertiary/aromatic N) is 1. The first-order valence-electron chi connectivity index (χ1n) is 6.54. The second-order valence-electron chi connectivity index (χ2n) is 4.80. The van der Waals surface area contributed by atoms with E-state index in [-0.39, 0.29) is 0 Å². The number of aromatic nitrogens is 1. The van der Waals surface area contributed by atoms with Crippen molar-refractivity contribution in [2.75, 3.05) is 12.3 Å². The lowest BCUT2D eigenvalue weighted by Gasteiger charge is -2.05. The second-order valence-corrected chi connectivity index (χ2v) is 7.22. The van der Waals surface area contributed by atoms with Crippen LogP contribution in [0.3, 0.4) is 0 Å². The molecule has 1 atom stereocenters. The van der Waals surface area contributed by atoms with Crippen LogP contribution in [0.4, 0.5) is 0 Å². The zero-order chi connectivity index (χ0) is 12.3. The molecule has 1 N–H and O–H groups in total. The summed E-state index contributed by atoms with van der Waals surface area (Å²) in [4.78, 5) is 6.35. The molecule has 1 fully saturated rings. The van der Waals surface area contributed by atoms with Crippen LogP contribution in [-0.2, 0) is 6.54 Å². The van der Waals surface area contributed by atoms with Gasteiger partial charge in [0.05, 0.1) is 10.9 Å². The van der Waals surface area contributed by atoms with Gasteiger partial charge >= 0.3 is 0 Å². The largest absolute Gasteiger partial charge is 0.312 e. The Morgan fingerprint density at radius 2 is 2.29 bits per heavy atom. The molecular weight excluding hydrogens is 248 g/mol. The average molecular weight is 270 g/mol. The van der Waals surface area contributed by atoms with E-state index in [1.807, 2.05) is 11.3 Å². The highest BCUT2D eigenvalue weighted by molar-refractivity contribution is 7.99. The van der Waals surface area contributed by atoms with Gasteiger partial charge in [0.2, 0.25) is 0 Å². The lowest BCUT2D eigenvalue weighted by molar-refractivity contribution is 0.712. The molecule has 0 aliphatic carbocycles. The molecule has 0 saturated carbocycles. The molecule has 2 heterocycles. The van der Waals surface area contributed by atoms with Gasteiger partial charge in [-0.15, -0.1) is 11.3 Å². The third kappa shape index (κ3) is 3.24. The van der Waals surface area contributed by atoms with Crippen molar-refractivity contribution >= 4 is 23.1 Å². The molecule has 17 heavy (non-hydrogen) atoms. The van der Waals surface area contributed by atoms with Crippen molar-refractivity contribution in [2.45, 2.75) is 51.3 Å². The van der Waals surface area contributed by atoms with Crippen molar-refractivity contribution < 1.29 is 0 Å². The van der Waals surface area contributed by atoms with Crippen LogP contribution in [0, 0.1) is 0 Å². The molecule has 1 unspecified atom stereocenters. The molecule has 2 rings (SSSR count). The highest BCUT2D eigenvalue weighted by Crippen LogP contribution is 2.42. The zero-order valence-corrected chi connectivity index (χ0v) is 12.6. The molecule has 1 aliphatic rings. The Morgan fingerprint density at radius 3 is 2.88 bits per heavy atom. The maximum absolute atomic E-state index is 4.90. The number of hydrogen-bond acceptors (Lipinski definition) is 4. The van der Waals surface area contributed by atoms with Gasteiger partial charge in [0.1, 0.15) is 5.01 Å². The first kappa shape index (κ1) is 13.4. The summed E-state index contributed by atoms with van der Waals surface area (Å²) in [5.74, 6) is 1.85. The average Bonchev–Trinajstić information content (AvgIpc) is 2.94. The normalized spacial score (nSPS) is 20.4. The first-order valence-corrected chi connectivity index (χ1v) is 8.40. The Balaban J connectivity index is 2.17. The van der Waals surface area contributed by atoms with E-state index in [0.717, 1.165) is 13.1 Å². The molecule has 0 amide bonds. The molecule has 96 valence electrons. The Bertz CT molecular complexity index is 354. The Hall–Kier alpha value is -0.0600. The van der Waals surface area contributed by atoms with E-state index in [9.17, 15) is 0 Å². The predicted octanol–water partition coefficient (Wildman–Crippen LogP) is 3.94. The number of nitrogens with one attached hydrogen (secondary N) is 1. The van der Waals surface area contributed by atoms with Gasteiger partial charge in [0.25, 0.3) is 0 Å². The van der Waals surface area contributed by atoms with Gasteiger partial charge < -0.3 is 5.32 Å². The smallest absolute Gasteiger partial charge is 0.106 e. The fourth-order valence-electron chi connectivity index (χ4n) is 2.11. The molecule has 4 heteroatoms. The maximum Gasteiger partial charge on any atom is 0.106 e. The van der Waals surface area contributed by atoms with E-state index in [1.54, 1.807) is 0 Å². The van der Waals surface area contributed by atoms with Crippen LogP contribution in [0.15, 0.2) is 0 Å². The van der Waals surface area contributed by atoms with E-state index in [2.05, 4.69) is 37.8 Å². The zero-order valence-electron chi connectivity index (χ0n) is 11.0. The summed E-state index contributed by atoms with van der Waals surface area (Å²) >= 11 is 4.01. The van der Waals surface area contributed by atoms with Crippen molar-refractivity contribution in [2.24, 2.45) is 0 Å². The van der Waals surface area contributed by atoms with E-state index >= 15 is 0 Å². The Morgan fingerprint density at radius 1 is 1.47 bits per heavy atom. The van der Waals surface area contributed by atoms with Crippen molar-refractivity contribution in [3.63, 3.8) is 0 Å². The van der Waals surface area contributed by atoms with Gasteiger partial charge in [-0.25, -0.2) is 4.98 Å². The third-order valence-electron chi connectivity index (χ3n) is 3.03. The van der Waals surface area contributed by atoms with Gasteiger partial charge in [-0.2, -0.15) is 11.8 Å². The molecule has 0 aromatic carbocycles. The first-order chi connectivity index (χ1) is 8.22.